The van der Waals surface area contributed by atoms with Crippen molar-refractivity contribution < 1.29 is 23.1 Å². The number of hydrogen-bond donors (Lipinski definition) is 2. The molecule has 4 rings (SSSR count). The predicted molar refractivity (Wildman–Crippen MR) is 119 cm³/mol. The molecule has 33 heavy (non-hydrogen) atoms. The highest BCUT2D eigenvalue weighted by atomic mass is 19.4. The molecule has 3 heterocycles. The van der Waals surface area contributed by atoms with Gasteiger partial charge in [-0.15, -0.1) is 0 Å². The van der Waals surface area contributed by atoms with E-state index in [9.17, 15) is 23.1 Å². The van der Waals surface area contributed by atoms with E-state index in [0.29, 0.717) is 11.5 Å². The van der Waals surface area contributed by atoms with Crippen LogP contribution in [-0.2, 0) is 6.18 Å². The molecule has 1 aromatic carbocycles. The number of hydrogen-bond acceptors (Lipinski definition) is 5. The summed E-state index contributed by atoms with van der Waals surface area (Å²) in [7, 11) is 1.75. The number of aromatic nitrogens is 2. The van der Waals surface area contributed by atoms with Gasteiger partial charge >= 0.3 is 12.2 Å². The lowest BCUT2D eigenvalue weighted by molar-refractivity contribution is -0.137. The van der Waals surface area contributed by atoms with Crippen LogP contribution in [0.15, 0.2) is 60.8 Å². The van der Waals surface area contributed by atoms with E-state index < -0.39 is 29.9 Å². The van der Waals surface area contributed by atoms with E-state index in [2.05, 4.69) is 15.3 Å². The molecule has 0 bridgehead atoms. The van der Waals surface area contributed by atoms with Crippen LogP contribution in [0.5, 0.6) is 0 Å². The van der Waals surface area contributed by atoms with Crippen LogP contribution in [0.1, 0.15) is 12.5 Å². The summed E-state index contributed by atoms with van der Waals surface area (Å²) in [4.78, 5) is 25.0. The van der Waals surface area contributed by atoms with Crippen LogP contribution in [-0.4, -0.2) is 46.8 Å². The minimum absolute atomic E-state index is 0.227. The van der Waals surface area contributed by atoms with Crippen molar-refractivity contribution >= 4 is 23.4 Å². The highest BCUT2D eigenvalue weighted by Gasteiger charge is 2.36. The van der Waals surface area contributed by atoms with E-state index in [0.717, 1.165) is 12.1 Å². The molecule has 0 saturated carbocycles. The molecule has 0 aliphatic carbocycles. The number of pyridine rings is 2. The van der Waals surface area contributed by atoms with Crippen molar-refractivity contribution in [2.45, 2.75) is 25.2 Å². The number of alkyl halides is 3. The number of halogens is 3. The first kappa shape index (κ1) is 22.5. The first-order chi connectivity index (χ1) is 15.6. The van der Waals surface area contributed by atoms with Crippen molar-refractivity contribution in [2.24, 2.45) is 0 Å². The van der Waals surface area contributed by atoms with Crippen LogP contribution in [0.2, 0.25) is 0 Å². The lowest BCUT2D eigenvalue weighted by atomic mass is 10.1. The van der Waals surface area contributed by atoms with Crippen LogP contribution in [0.3, 0.4) is 0 Å². The predicted octanol–water partition coefficient (Wildman–Crippen LogP) is 4.40. The lowest BCUT2D eigenvalue weighted by Crippen LogP contribution is -2.48. The largest absolute Gasteiger partial charge is 0.416 e. The summed E-state index contributed by atoms with van der Waals surface area (Å²) in [5, 5.41) is 13.4. The average molecular weight is 457 g/mol. The van der Waals surface area contributed by atoms with Crippen LogP contribution in [0, 0.1) is 0 Å². The Morgan fingerprint density at radius 1 is 1.15 bits per heavy atom. The van der Waals surface area contributed by atoms with Gasteiger partial charge in [-0.05, 0) is 43.3 Å². The molecule has 2 N–H and O–H groups in total. The van der Waals surface area contributed by atoms with Crippen molar-refractivity contribution in [3.8, 4) is 11.3 Å². The molecule has 172 valence electrons. The summed E-state index contributed by atoms with van der Waals surface area (Å²) < 4.78 is 39.6. The fourth-order valence-electron chi connectivity index (χ4n) is 3.72. The number of carbonyl (C=O) groups excluding carboxylic acids is 1. The van der Waals surface area contributed by atoms with Crippen molar-refractivity contribution in [3.05, 3.63) is 66.4 Å². The smallest absolute Gasteiger partial charge is 0.389 e. The second-order valence-corrected chi connectivity index (χ2v) is 7.82. The van der Waals surface area contributed by atoms with Gasteiger partial charge in [0.1, 0.15) is 5.82 Å². The summed E-state index contributed by atoms with van der Waals surface area (Å²) >= 11 is 0. The number of β-amino-alcohol motifs (C(OH)–C–C–N with tert-alkyl or cyclic N) is 1. The Hall–Kier alpha value is -3.66. The molecule has 2 atom stereocenters. The Balaban J connectivity index is 1.79. The topological polar surface area (TPSA) is 81.6 Å². The van der Waals surface area contributed by atoms with E-state index in [-0.39, 0.29) is 23.6 Å². The number of aliphatic hydroxyl groups excluding tert-OH is 1. The molecular formula is C23H22F3N5O2. The van der Waals surface area contributed by atoms with Crippen LogP contribution < -0.4 is 15.1 Å². The van der Waals surface area contributed by atoms with Crippen molar-refractivity contribution in [2.75, 3.05) is 28.7 Å². The SMILES string of the molecule is C[C@@H]1[C@H](O)CN(C)c2ccc(-c3cccc(C(F)(F)F)c3)nc2N1C(=O)Nc1ccccn1. The Kier molecular flexibility index (Phi) is 5.94. The fraction of sp³-hybridized carbons (Fsp3) is 0.261. The van der Waals surface area contributed by atoms with Gasteiger partial charge in [-0.3, -0.25) is 10.2 Å². The van der Waals surface area contributed by atoms with Crippen molar-refractivity contribution in [1.82, 2.24) is 9.97 Å². The third-order valence-electron chi connectivity index (χ3n) is 5.52. The molecule has 0 unspecified atom stereocenters. The molecule has 0 saturated heterocycles. The van der Waals surface area contributed by atoms with E-state index in [1.165, 1.54) is 23.2 Å². The van der Waals surface area contributed by atoms with Gasteiger partial charge in [0.25, 0.3) is 0 Å². The standard InChI is InChI=1S/C23H22F3N5O2/c1-14-19(32)13-30(2)18-10-9-17(15-6-5-7-16(12-15)23(24,25)26)28-21(18)31(14)22(33)29-20-8-3-4-11-27-20/h3-12,14,19,32H,13H2,1-2H3,(H,27,29,33)/t14-,19-/m1/s1. The lowest BCUT2D eigenvalue weighted by Gasteiger charge is -2.29. The molecule has 3 aromatic rings. The molecule has 10 heteroatoms. The molecule has 0 spiro atoms. The molecule has 0 fully saturated rings. The number of anilines is 3. The van der Waals surface area contributed by atoms with E-state index in [4.69, 9.17) is 0 Å². The molecule has 1 aliphatic rings. The zero-order chi connectivity index (χ0) is 23.8. The molecule has 1 aliphatic heterocycles. The summed E-state index contributed by atoms with van der Waals surface area (Å²) in [5.41, 5.74) is 0.304. The second-order valence-electron chi connectivity index (χ2n) is 7.82. The molecule has 0 radical (unpaired) electrons. The first-order valence-electron chi connectivity index (χ1n) is 10.2. The third kappa shape index (κ3) is 4.61. The zero-order valence-electron chi connectivity index (χ0n) is 17.9. The van der Waals surface area contributed by atoms with Gasteiger partial charge in [0.2, 0.25) is 0 Å². The molecular weight excluding hydrogens is 435 g/mol. The minimum atomic E-state index is -4.49. The van der Waals surface area contributed by atoms with Gasteiger partial charge < -0.3 is 10.0 Å². The fourth-order valence-corrected chi connectivity index (χ4v) is 3.72. The Labute approximate surface area is 188 Å². The Morgan fingerprint density at radius 3 is 2.64 bits per heavy atom. The maximum absolute atomic E-state index is 13.2. The van der Waals surface area contributed by atoms with Crippen molar-refractivity contribution in [3.63, 3.8) is 0 Å². The monoisotopic (exact) mass is 457 g/mol. The molecule has 7 nitrogen and oxygen atoms in total. The number of nitrogens with one attached hydrogen (secondary N) is 1. The van der Waals surface area contributed by atoms with Crippen molar-refractivity contribution in [1.29, 1.82) is 0 Å². The second kappa shape index (κ2) is 8.70. The van der Waals surface area contributed by atoms with Crippen LogP contribution in [0.25, 0.3) is 11.3 Å². The first-order valence-corrected chi connectivity index (χ1v) is 10.2. The third-order valence-corrected chi connectivity index (χ3v) is 5.52. The number of rotatable bonds is 2. The number of urea groups is 1. The van der Waals surface area contributed by atoms with Gasteiger partial charge in [-0.2, -0.15) is 13.2 Å². The highest BCUT2D eigenvalue weighted by molar-refractivity contribution is 6.03. The average Bonchev–Trinajstić information content (AvgIpc) is 2.87. The number of amides is 2. The van der Waals surface area contributed by atoms with E-state index >= 15 is 0 Å². The molecule has 2 aromatic heterocycles. The number of likely N-dealkylation sites (N-methyl/N-ethyl adjacent to an activating group) is 1. The Bertz CT molecular complexity index is 1160. The number of carbonyl (C=O) groups is 1. The number of benzene rings is 1. The van der Waals surface area contributed by atoms with Crippen LogP contribution in [0.4, 0.5) is 35.3 Å². The zero-order valence-corrected chi connectivity index (χ0v) is 17.9. The van der Waals surface area contributed by atoms with Gasteiger partial charge in [0, 0.05) is 25.4 Å². The summed E-state index contributed by atoms with van der Waals surface area (Å²) in [5.74, 6) is 0.544. The van der Waals surface area contributed by atoms with Gasteiger partial charge in [0.15, 0.2) is 5.82 Å². The number of nitrogens with zero attached hydrogens (tertiary/aromatic N) is 4. The van der Waals surface area contributed by atoms with Crippen LogP contribution >= 0.6 is 0 Å². The number of fused-ring (bicyclic) bond motifs is 1. The van der Waals surface area contributed by atoms with E-state index in [1.54, 1.807) is 49.2 Å². The van der Waals surface area contributed by atoms with Gasteiger partial charge in [-0.1, -0.05) is 18.2 Å². The quantitative estimate of drug-likeness (QED) is 0.596. The Morgan fingerprint density at radius 2 is 1.94 bits per heavy atom. The normalized spacial score (nSPS) is 18.5. The van der Waals surface area contributed by atoms with Gasteiger partial charge in [-0.25, -0.2) is 14.8 Å². The molecule has 2 amide bonds. The maximum Gasteiger partial charge on any atom is 0.416 e. The summed E-state index contributed by atoms with van der Waals surface area (Å²) in [6.07, 6.45) is -3.85. The van der Waals surface area contributed by atoms with E-state index in [1.807, 2.05) is 0 Å². The summed E-state index contributed by atoms with van der Waals surface area (Å²) in [6, 6.07) is 12.0. The summed E-state index contributed by atoms with van der Waals surface area (Å²) in [6.45, 7) is 1.93. The van der Waals surface area contributed by atoms with Gasteiger partial charge in [0.05, 0.1) is 29.1 Å². The number of aliphatic hydroxyl groups is 1. The minimum Gasteiger partial charge on any atom is -0.389 e. The maximum atomic E-state index is 13.2. The highest BCUT2D eigenvalue weighted by Crippen LogP contribution is 2.36.